The summed E-state index contributed by atoms with van der Waals surface area (Å²) in [4.78, 5) is 30.4. The molecule has 0 aliphatic rings. The van der Waals surface area contributed by atoms with E-state index in [2.05, 4.69) is 10.3 Å². The molecule has 2 aromatic heterocycles. The number of aromatic nitrogens is 2. The highest BCUT2D eigenvalue weighted by molar-refractivity contribution is 5.91. The van der Waals surface area contributed by atoms with Crippen LogP contribution in [0, 0.1) is 6.92 Å². The Bertz CT molecular complexity index is 1020. The molecule has 2 amide bonds. The number of amides is 2. The molecule has 1 atom stereocenters. The highest BCUT2D eigenvalue weighted by Gasteiger charge is 2.17. The average molecular weight is 368 g/mol. The first-order valence-electron chi connectivity index (χ1n) is 8.97. The van der Waals surface area contributed by atoms with E-state index in [0.29, 0.717) is 29.8 Å². The van der Waals surface area contributed by atoms with Crippen molar-refractivity contribution in [2.75, 3.05) is 12.4 Å². The van der Waals surface area contributed by atoms with Crippen molar-refractivity contribution < 1.29 is 9.21 Å². The summed E-state index contributed by atoms with van der Waals surface area (Å²) in [5.41, 5.74) is 3.85. The van der Waals surface area contributed by atoms with Crippen molar-refractivity contribution in [3.63, 3.8) is 0 Å². The third kappa shape index (κ3) is 4.02. The van der Waals surface area contributed by atoms with Crippen molar-refractivity contribution >= 4 is 22.8 Å². The maximum atomic E-state index is 12.6. The van der Waals surface area contributed by atoms with Crippen molar-refractivity contribution in [1.82, 2.24) is 14.5 Å². The summed E-state index contributed by atoms with van der Waals surface area (Å²) in [6.07, 6.45) is 2.45. The van der Waals surface area contributed by atoms with E-state index in [0.717, 1.165) is 11.3 Å². The molecule has 7 heteroatoms. The van der Waals surface area contributed by atoms with Gasteiger partial charge in [0.1, 0.15) is 0 Å². The van der Waals surface area contributed by atoms with Crippen LogP contribution in [0.5, 0.6) is 0 Å². The standard InChI is InChI=1S/C20H24N4O3/c1-5-24-17-7-6-15(12-18(17)27-20(24)26)22-19(25)23(4)14(3)11-16-10-13(2)8-9-21-16/h6-10,12,14H,5,11H2,1-4H3,(H,22,25)/t14-/m0/s1. The van der Waals surface area contributed by atoms with Crippen LogP contribution in [0.1, 0.15) is 25.1 Å². The molecule has 2 heterocycles. The molecule has 0 spiro atoms. The average Bonchev–Trinajstić information content (AvgIpc) is 2.95. The van der Waals surface area contributed by atoms with Crippen molar-refractivity contribution in [2.24, 2.45) is 0 Å². The Kier molecular flexibility index (Phi) is 5.30. The second-order valence-electron chi connectivity index (χ2n) is 6.71. The second kappa shape index (κ2) is 7.65. The molecule has 0 saturated carbocycles. The van der Waals surface area contributed by atoms with Gasteiger partial charge < -0.3 is 14.6 Å². The zero-order valence-corrected chi connectivity index (χ0v) is 16.0. The molecule has 0 fully saturated rings. The Morgan fingerprint density at radius 3 is 2.81 bits per heavy atom. The number of hydrogen-bond donors (Lipinski definition) is 1. The summed E-state index contributed by atoms with van der Waals surface area (Å²) in [6, 6.07) is 8.93. The number of carbonyl (C=O) groups is 1. The summed E-state index contributed by atoms with van der Waals surface area (Å²) in [5.74, 6) is -0.396. The number of anilines is 1. The molecule has 0 bridgehead atoms. The van der Waals surface area contributed by atoms with E-state index in [9.17, 15) is 9.59 Å². The predicted octanol–water partition coefficient (Wildman–Crippen LogP) is 3.41. The number of oxazole rings is 1. The van der Waals surface area contributed by atoms with E-state index in [-0.39, 0.29) is 12.1 Å². The Labute approximate surface area is 157 Å². The van der Waals surface area contributed by atoms with E-state index in [1.54, 1.807) is 40.9 Å². The van der Waals surface area contributed by atoms with Gasteiger partial charge >= 0.3 is 11.8 Å². The molecule has 27 heavy (non-hydrogen) atoms. The Morgan fingerprint density at radius 2 is 2.11 bits per heavy atom. The maximum Gasteiger partial charge on any atom is 0.419 e. The molecular formula is C20H24N4O3. The number of benzene rings is 1. The van der Waals surface area contributed by atoms with Crippen LogP contribution in [0.4, 0.5) is 10.5 Å². The van der Waals surface area contributed by atoms with Gasteiger partial charge in [0.05, 0.1) is 5.52 Å². The number of urea groups is 1. The maximum absolute atomic E-state index is 12.6. The van der Waals surface area contributed by atoms with E-state index >= 15 is 0 Å². The first-order chi connectivity index (χ1) is 12.9. The minimum absolute atomic E-state index is 0.0258. The van der Waals surface area contributed by atoms with E-state index < -0.39 is 5.76 Å². The Morgan fingerprint density at radius 1 is 1.33 bits per heavy atom. The summed E-state index contributed by atoms with van der Waals surface area (Å²) >= 11 is 0. The van der Waals surface area contributed by atoms with Gasteiger partial charge in [-0.25, -0.2) is 9.59 Å². The van der Waals surface area contributed by atoms with Crippen LogP contribution in [0.2, 0.25) is 0 Å². The molecule has 0 aliphatic heterocycles. The molecule has 1 aromatic carbocycles. The first kappa shape index (κ1) is 18.7. The Hall–Kier alpha value is -3.09. The lowest BCUT2D eigenvalue weighted by atomic mass is 10.1. The third-order valence-electron chi connectivity index (χ3n) is 4.69. The molecule has 142 valence electrons. The van der Waals surface area contributed by atoms with Crippen LogP contribution in [0.25, 0.3) is 11.1 Å². The number of nitrogens with one attached hydrogen (secondary N) is 1. The van der Waals surface area contributed by atoms with Crippen LogP contribution in [-0.2, 0) is 13.0 Å². The Balaban J connectivity index is 1.70. The van der Waals surface area contributed by atoms with Crippen LogP contribution in [0.3, 0.4) is 0 Å². The van der Waals surface area contributed by atoms with Gasteiger partial charge in [0.2, 0.25) is 0 Å². The van der Waals surface area contributed by atoms with Crippen LogP contribution < -0.4 is 11.1 Å². The largest absolute Gasteiger partial charge is 0.419 e. The van der Waals surface area contributed by atoms with Gasteiger partial charge in [-0.15, -0.1) is 0 Å². The molecule has 0 aliphatic carbocycles. The number of carbonyl (C=O) groups excluding carboxylic acids is 1. The normalized spacial score (nSPS) is 12.1. The summed E-state index contributed by atoms with van der Waals surface area (Å²) in [5, 5.41) is 2.85. The van der Waals surface area contributed by atoms with Crippen molar-refractivity contribution in [1.29, 1.82) is 0 Å². The molecule has 0 radical (unpaired) electrons. The predicted molar refractivity (Wildman–Crippen MR) is 105 cm³/mol. The van der Waals surface area contributed by atoms with E-state index in [1.807, 2.05) is 32.9 Å². The lowest BCUT2D eigenvalue weighted by molar-refractivity contribution is 0.207. The van der Waals surface area contributed by atoms with Crippen molar-refractivity contribution in [3.8, 4) is 0 Å². The van der Waals surface area contributed by atoms with Gasteiger partial charge in [-0.3, -0.25) is 9.55 Å². The molecule has 0 unspecified atom stereocenters. The molecule has 1 N–H and O–H groups in total. The highest BCUT2D eigenvalue weighted by Crippen LogP contribution is 2.19. The van der Waals surface area contributed by atoms with Crippen LogP contribution in [-0.4, -0.2) is 33.6 Å². The van der Waals surface area contributed by atoms with Crippen LogP contribution >= 0.6 is 0 Å². The zero-order valence-electron chi connectivity index (χ0n) is 16.0. The lowest BCUT2D eigenvalue weighted by Crippen LogP contribution is -2.39. The zero-order chi connectivity index (χ0) is 19.6. The van der Waals surface area contributed by atoms with E-state index in [4.69, 9.17) is 4.42 Å². The van der Waals surface area contributed by atoms with Gasteiger partial charge in [-0.2, -0.15) is 0 Å². The third-order valence-corrected chi connectivity index (χ3v) is 4.69. The molecule has 3 aromatic rings. The first-order valence-corrected chi connectivity index (χ1v) is 8.97. The number of fused-ring (bicyclic) bond motifs is 1. The van der Waals surface area contributed by atoms with Crippen molar-refractivity contribution in [2.45, 2.75) is 39.8 Å². The number of likely N-dealkylation sites (N-methyl/N-ethyl adjacent to an activating group) is 1. The molecule has 3 rings (SSSR count). The minimum atomic E-state index is -0.396. The topological polar surface area (TPSA) is 80.4 Å². The fraction of sp³-hybridized carbons (Fsp3) is 0.350. The fourth-order valence-corrected chi connectivity index (χ4v) is 3.01. The summed E-state index contributed by atoms with van der Waals surface area (Å²) in [7, 11) is 1.75. The van der Waals surface area contributed by atoms with Crippen LogP contribution in [0.15, 0.2) is 45.7 Å². The van der Waals surface area contributed by atoms with Gasteiger partial charge in [-0.05, 0) is 50.6 Å². The monoisotopic (exact) mass is 368 g/mol. The molecule has 0 saturated heterocycles. The van der Waals surface area contributed by atoms with E-state index in [1.165, 1.54) is 0 Å². The summed E-state index contributed by atoms with van der Waals surface area (Å²) in [6.45, 7) is 6.41. The lowest BCUT2D eigenvalue weighted by Gasteiger charge is -2.25. The minimum Gasteiger partial charge on any atom is -0.408 e. The number of hydrogen-bond acceptors (Lipinski definition) is 4. The second-order valence-corrected chi connectivity index (χ2v) is 6.71. The quantitative estimate of drug-likeness (QED) is 0.748. The fourth-order valence-electron chi connectivity index (χ4n) is 3.01. The van der Waals surface area contributed by atoms with Crippen molar-refractivity contribution in [3.05, 3.63) is 58.3 Å². The highest BCUT2D eigenvalue weighted by atomic mass is 16.4. The number of nitrogens with zero attached hydrogens (tertiary/aromatic N) is 3. The van der Waals surface area contributed by atoms with Gasteiger partial charge in [0.15, 0.2) is 5.58 Å². The SMILES string of the molecule is CCn1c(=O)oc2cc(NC(=O)N(C)[C@@H](C)Cc3cc(C)ccn3)ccc21. The molecule has 7 nitrogen and oxygen atoms in total. The number of aryl methyl sites for hydroxylation is 2. The van der Waals surface area contributed by atoms with Gasteiger partial charge in [0, 0.05) is 49.7 Å². The number of rotatable bonds is 5. The van der Waals surface area contributed by atoms with Gasteiger partial charge in [-0.1, -0.05) is 0 Å². The summed E-state index contributed by atoms with van der Waals surface area (Å²) < 4.78 is 6.79. The molecular weight excluding hydrogens is 344 g/mol. The smallest absolute Gasteiger partial charge is 0.408 e. The van der Waals surface area contributed by atoms with Gasteiger partial charge in [0.25, 0.3) is 0 Å². The number of pyridine rings is 1.